The van der Waals surface area contributed by atoms with E-state index in [1.807, 2.05) is 12.1 Å². The van der Waals surface area contributed by atoms with E-state index in [9.17, 15) is 4.39 Å². The van der Waals surface area contributed by atoms with Crippen LogP contribution in [0, 0.1) is 34.4 Å². The predicted molar refractivity (Wildman–Crippen MR) is 51.4 cm³/mol. The van der Waals surface area contributed by atoms with Crippen LogP contribution in [0.1, 0.15) is 5.56 Å². The molecule has 1 rings (SSSR count). The number of nitriles is 2. The minimum Gasteiger partial charge on any atom is -0.496 e. The first-order chi connectivity index (χ1) is 7.21. The van der Waals surface area contributed by atoms with Crippen molar-refractivity contribution in [1.82, 2.24) is 0 Å². The first-order valence-electron chi connectivity index (χ1n) is 4.33. The van der Waals surface area contributed by atoms with E-state index >= 15 is 0 Å². The standard InChI is InChI=1S/C11H9FN2O/c1-15-11-3-2-10(12)5-9(11)4-8(6-13)7-14/h2-3,5,8H,4H2,1H3. The molecule has 1 aromatic rings. The molecule has 0 aliphatic heterocycles. The molecule has 0 aromatic heterocycles. The third kappa shape index (κ3) is 2.69. The summed E-state index contributed by atoms with van der Waals surface area (Å²) >= 11 is 0. The van der Waals surface area contributed by atoms with Crippen LogP contribution in [0.2, 0.25) is 0 Å². The van der Waals surface area contributed by atoms with Crippen molar-refractivity contribution in [2.45, 2.75) is 6.42 Å². The zero-order valence-corrected chi connectivity index (χ0v) is 8.20. The third-order valence-electron chi connectivity index (χ3n) is 1.98. The number of halogens is 1. The van der Waals surface area contributed by atoms with E-state index in [4.69, 9.17) is 15.3 Å². The Balaban J connectivity index is 2.98. The molecular weight excluding hydrogens is 195 g/mol. The summed E-state index contributed by atoms with van der Waals surface area (Å²) in [4.78, 5) is 0. The normalized spacial score (nSPS) is 9.40. The molecule has 0 unspecified atom stereocenters. The highest BCUT2D eigenvalue weighted by atomic mass is 19.1. The van der Waals surface area contributed by atoms with Gasteiger partial charge in [-0.3, -0.25) is 0 Å². The van der Waals surface area contributed by atoms with Gasteiger partial charge < -0.3 is 4.74 Å². The SMILES string of the molecule is COc1ccc(F)cc1CC(C#N)C#N. The van der Waals surface area contributed by atoms with E-state index in [1.165, 1.54) is 25.3 Å². The molecule has 0 saturated heterocycles. The summed E-state index contributed by atoms with van der Waals surface area (Å²) < 4.78 is 17.9. The Morgan fingerprint density at radius 2 is 2.07 bits per heavy atom. The Morgan fingerprint density at radius 3 is 2.60 bits per heavy atom. The van der Waals surface area contributed by atoms with Crippen LogP contribution in [-0.4, -0.2) is 7.11 Å². The molecule has 0 radical (unpaired) electrons. The summed E-state index contributed by atoms with van der Waals surface area (Å²) in [5.74, 6) is -0.687. The van der Waals surface area contributed by atoms with E-state index in [0.717, 1.165) is 0 Å². The lowest BCUT2D eigenvalue weighted by atomic mass is 10.0. The van der Waals surface area contributed by atoms with Crippen LogP contribution in [0.15, 0.2) is 18.2 Å². The van der Waals surface area contributed by atoms with Crippen molar-refractivity contribution in [3.05, 3.63) is 29.6 Å². The maximum absolute atomic E-state index is 12.9. The Labute approximate surface area is 87.3 Å². The van der Waals surface area contributed by atoms with Gasteiger partial charge in [0, 0.05) is 6.42 Å². The fourth-order valence-corrected chi connectivity index (χ4v) is 1.25. The molecule has 0 bridgehead atoms. The first kappa shape index (κ1) is 11.0. The molecule has 0 fully saturated rings. The highest BCUT2D eigenvalue weighted by Crippen LogP contribution is 2.22. The number of ether oxygens (including phenoxy) is 1. The van der Waals surface area contributed by atoms with Crippen molar-refractivity contribution in [3.63, 3.8) is 0 Å². The third-order valence-corrected chi connectivity index (χ3v) is 1.98. The van der Waals surface area contributed by atoms with Crippen LogP contribution < -0.4 is 4.74 Å². The number of nitrogens with zero attached hydrogens (tertiary/aromatic N) is 2. The number of methoxy groups -OCH3 is 1. The Bertz CT molecular complexity index is 417. The Kier molecular flexibility index (Phi) is 3.65. The summed E-state index contributed by atoms with van der Waals surface area (Å²) in [5.41, 5.74) is 0.533. The Hall–Kier alpha value is -2.07. The largest absolute Gasteiger partial charge is 0.496 e. The van der Waals surface area contributed by atoms with Crippen LogP contribution in [0.5, 0.6) is 5.75 Å². The molecule has 0 heterocycles. The van der Waals surface area contributed by atoms with Gasteiger partial charge in [0.25, 0.3) is 0 Å². The number of hydrogen-bond donors (Lipinski definition) is 0. The lowest BCUT2D eigenvalue weighted by molar-refractivity contribution is 0.407. The predicted octanol–water partition coefficient (Wildman–Crippen LogP) is 2.04. The molecule has 0 N–H and O–H groups in total. The molecule has 0 amide bonds. The van der Waals surface area contributed by atoms with Crippen LogP contribution >= 0.6 is 0 Å². The van der Waals surface area contributed by atoms with Gasteiger partial charge in [0.2, 0.25) is 0 Å². The minimum absolute atomic E-state index is 0.175. The van der Waals surface area contributed by atoms with Crippen molar-refractivity contribution in [2.24, 2.45) is 5.92 Å². The topological polar surface area (TPSA) is 56.8 Å². The smallest absolute Gasteiger partial charge is 0.137 e. The van der Waals surface area contributed by atoms with Gasteiger partial charge in [0.05, 0.1) is 19.2 Å². The summed E-state index contributed by atoms with van der Waals surface area (Å²) in [7, 11) is 1.46. The zero-order chi connectivity index (χ0) is 11.3. The van der Waals surface area contributed by atoms with Gasteiger partial charge in [-0.05, 0) is 23.8 Å². The molecule has 3 nitrogen and oxygen atoms in total. The highest BCUT2D eigenvalue weighted by molar-refractivity contribution is 5.35. The van der Waals surface area contributed by atoms with Crippen molar-refractivity contribution >= 4 is 0 Å². The average Bonchev–Trinajstić information content (AvgIpc) is 2.26. The zero-order valence-electron chi connectivity index (χ0n) is 8.20. The van der Waals surface area contributed by atoms with Gasteiger partial charge in [-0.25, -0.2) is 4.39 Å². The van der Waals surface area contributed by atoms with E-state index in [2.05, 4.69) is 0 Å². The molecule has 4 heteroatoms. The summed E-state index contributed by atoms with van der Waals surface area (Å²) in [5, 5.41) is 17.2. The summed E-state index contributed by atoms with van der Waals surface area (Å²) in [6.45, 7) is 0. The van der Waals surface area contributed by atoms with Crippen LogP contribution in [0.4, 0.5) is 4.39 Å². The fraction of sp³-hybridized carbons (Fsp3) is 0.273. The molecular formula is C11H9FN2O. The highest BCUT2D eigenvalue weighted by Gasteiger charge is 2.11. The second-order valence-electron chi connectivity index (χ2n) is 2.97. The van der Waals surface area contributed by atoms with Gasteiger partial charge in [-0.15, -0.1) is 0 Å². The Morgan fingerprint density at radius 1 is 1.40 bits per heavy atom. The van der Waals surface area contributed by atoms with Crippen LogP contribution in [0.3, 0.4) is 0 Å². The second kappa shape index (κ2) is 4.97. The van der Waals surface area contributed by atoms with Gasteiger partial charge in [0.1, 0.15) is 17.5 Å². The van der Waals surface area contributed by atoms with Gasteiger partial charge in [-0.2, -0.15) is 10.5 Å². The lowest BCUT2D eigenvalue weighted by Crippen LogP contribution is -2.01. The molecule has 0 saturated carbocycles. The van der Waals surface area contributed by atoms with Crippen molar-refractivity contribution in [1.29, 1.82) is 10.5 Å². The van der Waals surface area contributed by atoms with Gasteiger partial charge in [-0.1, -0.05) is 0 Å². The molecule has 0 aliphatic rings. The van der Waals surface area contributed by atoms with Crippen molar-refractivity contribution in [2.75, 3.05) is 7.11 Å². The number of rotatable bonds is 3. The molecule has 15 heavy (non-hydrogen) atoms. The van der Waals surface area contributed by atoms with E-state index in [1.54, 1.807) is 0 Å². The maximum Gasteiger partial charge on any atom is 0.137 e. The van der Waals surface area contributed by atoms with E-state index in [-0.39, 0.29) is 6.42 Å². The number of benzene rings is 1. The average molecular weight is 204 g/mol. The molecule has 76 valence electrons. The minimum atomic E-state index is -0.777. The lowest BCUT2D eigenvalue weighted by Gasteiger charge is -2.08. The summed E-state index contributed by atoms with van der Waals surface area (Å²) in [6.07, 6.45) is 0.175. The van der Waals surface area contributed by atoms with E-state index in [0.29, 0.717) is 11.3 Å². The number of hydrogen-bond acceptors (Lipinski definition) is 3. The molecule has 0 spiro atoms. The fourth-order valence-electron chi connectivity index (χ4n) is 1.25. The monoisotopic (exact) mass is 204 g/mol. The van der Waals surface area contributed by atoms with Crippen LogP contribution in [-0.2, 0) is 6.42 Å². The molecule has 1 aromatic carbocycles. The second-order valence-corrected chi connectivity index (χ2v) is 2.97. The maximum atomic E-state index is 12.9. The molecule has 0 atom stereocenters. The van der Waals surface area contributed by atoms with E-state index < -0.39 is 11.7 Å². The van der Waals surface area contributed by atoms with Gasteiger partial charge >= 0.3 is 0 Å². The first-order valence-corrected chi connectivity index (χ1v) is 4.33. The van der Waals surface area contributed by atoms with Crippen molar-refractivity contribution in [3.8, 4) is 17.9 Å². The summed E-state index contributed by atoms with van der Waals surface area (Å²) in [6, 6.07) is 7.70. The quantitative estimate of drug-likeness (QED) is 0.757. The molecule has 0 aliphatic carbocycles. The van der Waals surface area contributed by atoms with Crippen LogP contribution in [0.25, 0.3) is 0 Å². The van der Waals surface area contributed by atoms with Gasteiger partial charge in [0.15, 0.2) is 0 Å². The van der Waals surface area contributed by atoms with Crippen molar-refractivity contribution < 1.29 is 9.13 Å².